The van der Waals surface area contributed by atoms with Gasteiger partial charge in [-0.3, -0.25) is 0 Å². The van der Waals surface area contributed by atoms with Crippen molar-refractivity contribution in [3.8, 4) is 11.4 Å². The third kappa shape index (κ3) is 7.32. The fourth-order valence-corrected chi connectivity index (χ4v) is 5.23. The number of sulfonamides is 1. The molecule has 0 radical (unpaired) electrons. The Morgan fingerprint density at radius 3 is 2.42 bits per heavy atom. The van der Waals surface area contributed by atoms with Gasteiger partial charge >= 0.3 is 0 Å². The van der Waals surface area contributed by atoms with E-state index in [2.05, 4.69) is 25.0 Å². The van der Waals surface area contributed by atoms with Crippen LogP contribution in [0.15, 0.2) is 47.6 Å². The van der Waals surface area contributed by atoms with Gasteiger partial charge in [0, 0.05) is 37.3 Å². The van der Waals surface area contributed by atoms with E-state index in [1.807, 2.05) is 18.4 Å². The number of nitrogens with zero attached hydrogens (tertiary/aromatic N) is 4. The first-order valence-corrected chi connectivity index (χ1v) is 15.0. The van der Waals surface area contributed by atoms with E-state index in [4.69, 9.17) is 4.74 Å². The number of rotatable bonds is 14. The highest BCUT2D eigenvalue weighted by Gasteiger charge is 2.18. The number of hydrogen-bond donors (Lipinski definition) is 2. The highest BCUT2D eigenvalue weighted by atomic mass is 32.2. The number of sulfone groups is 1. The van der Waals surface area contributed by atoms with Gasteiger partial charge in [-0.05, 0) is 43.7 Å². The lowest BCUT2D eigenvalue weighted by Gasteiger charge is -2.12. The van der Waals surface area contributed by atoms with E-state index < -0.39 is 19.9 Å². The van der Waals surface area contributed by atoms with E-state index in [-0.39, 0.29) is 22.9 Å². The summed E-state index contributed by atoms with van der Waals surface area (Å²) in [6, 6.07) is 7.97. The standard InChI is InChI=1S/C23H32N6O5S2/c1-4-14-29-21(16-25-22(29)17-35(30,31)6-3)20-11-12-24-23(28-20)27-18-7-9-19(10-8-18)36(32,33)26-13-15-34-5-2/h7-12,16,26H,4-6,13-15,17H2,1-3H3,(H,24,27,28). The van der Waals surface area contributed by atoms with Gasteiger partial charge in [0.25, 0.3) is 0 Å². The number of nitrogens with one attached hydrogen (secondary N) is 2. The van der Waals surface area contributed by atoms with Crippen molar-refractivity contribution < 1.29 is 21.6 Å². The zero-order valence-electron chi connectivity index (χ0n) is 20.6. The Morgan fingerprint density at radius 1 is 1.00 bits per heavy atom. The van der Waals surface area contributed by atoms with Gasteiger partial charge in [0.05, 0.1) is 29.1 Å². The van der Waals surface area contributed by atoms with Crippen LogP contribution in [0.3, 0.4) is 0 Å². The third-order valence-electron chi connectivity index (χ3n) is 5.26. The largest absolute Gasteiger partial charge is 0.380 e. The lowest BCUT2D eigenvalue weighted by atomic mass is 10.3. The Hall–Kier alpha value is -2.87. The normalized spacial score (nSPS) is 12.1. The van der Waals surface area contributed by atoms with Crippen LogP contribution in [-0.2, 0) is 36.9 Å². The van der Waals surface area contributed by atoms with Gasteiger partial charge in [0.2, 0.25) is 16.0 Å². The van der Waals surface area contributed by atoms with Gasteiger partial charge in [-0.1, -0.05) is 13.8 Å². The SMILES string of the molecule is CCCn1c(-c2ccnc(Nc3ccc(S(=O)(=O)NCCOCC)cc3)n2)cnc1CS(=O)(=O)CC. The van der Waals surface area contributed by atoms with Crippen LogP contribution in [0.4, 0.5) is 11.6 Å². The smallest absolute Gasteiger partial charge is 0.240 e. The van der Waals surface area contributed by atoms with Crippen LogP contribution < -0.4 is 10.0 Å². The summed E-state index contributed by atoms with van der Waals surface area (Å²) in [5, 5.41) is 3.08. The summed E-state index contributed by atoms with van der Waals surface area (Å²) in [7, 11) is -6.87. The molecule has 0 aliphatic carbocycles. The number of ether oxygens (including phenoxy) is 1. The van der Waals surface area contributed by atoms with E-state index in [0.29, 0.717) is 48.6 Å². The average Bonchev–Trinajstić information content (AvgIpc) is 3.24. The van der Waals surface area contributed by atoms with Crippen LogP contribution in [-0.4, -0.2) is 61.9 Å². The van der Waals surface area contributed by atoms with Crippen LogP contribution in [0, 0.1) is 0 Å². The van der Waals surface area contributed by atoms with Crippen LogP contribution in [0.25, 0.3) is 11.4 Å². The van der Waals surface area contributed by atoms with Crippen molar-refractivity contribution >= 4 is 31.5 Å². The molecule has 3 rings (SSSR count). The van der Waals surface area contributed by atoms with Crippen molar-refractivity contribution in [2.45, 2.75) is 44.4 Å². The minimum atomic E-state index is -3.64. The molecule has 0 atom stereocenters. The van der Waals surface area contributed by atoms with E-state index in [1.54, 1.807) is 37.5 Å². The second-order valence-corrected chi connectivity index (χ2v) is 12.0. The Labute approximate surface area is 212 Å². The van der Waals surface area contributed by atoms with Crippen molar-refractivity contribution in [2.24, 2.45) is 0 Å². The van der Waals surface area contributed by atoms with Crippen LogP contribution in [0.5, 0.6) is 0 Å². The Bertz CT molecular complexity index is 1360. The lowest BCUT2D eigenvalue weighted by molar-refractivity contribution is 0.153. The lowest BCUT2D eigenvalue weighted by Crippen LogP contribution is -2.27. The van der Waals surface area contributed by atoms with Crippen LogP contribution in [0.2, 0.25) is 0 Å². The summed E-state index contributed by atoms with van der Waals surface area (Å²) in [5.41, 5.74) is 1.90. The summed E-state index contributed by atoms with van der Waals surface area (Å²) in [5.74, 6) is 0.709. The summed E-state index contributed by atoms with van der Waals surface area (Å²) < 4.78 is 58.6. The molecule has 13 heteroatoms. The van der Waals surface area contributed by atoms with Crippen molar-refractivity contribution in [3.05, 3.63) is 48.5 Å². The molecule has 0 bridgehead atoms. The number of hydrogen-bond acceptors (Lipinski definition) is 9. The third-order valence-corrected chi connectivity index (χ3v) is 8.31. The van der Waals surface area contributed by atoms with Gasteiger partial charge in [0.15, 0.2) is 9.84 Å². The fourth-order valence-electron chi connectivity index (χ4n) is 3.39. The predicted octanol–water partition coefficient (Wildman–Crippen LogP) is 2.74. The molecule has 36 heavy (non-hydrogen) atoms. The Kier molecular flexibility index (Phi) is 9.54. The van der Waals surface area contributed by atoms with Gasteiger partial charge < -0.3 is 14.6 Å². The highest BCUT2D eigenvalue weighted by Crippen LogP contribution is 2.23. The number of aromatic nitrogens is 4. The number of imidazole rings is 1. The van der Waals surface area contributed by atoms with Gasteiger partial charge in [-0.2, -0.15) is 0 Å². The Balaban J connectivity index is 1.77. The highest BCUT2D eigenvalue weighted by molar-refractivity contribution is 7.90. The molecule has 2 aromatic heterocycles. The molecule has 0 saturated heterocycles. The van der Waals surface area contributed by atoms with E-state index in [0.717, 1.165) is 6.42 Å². The minimum absolute atomic E-state index is 0.0479. The fraction of sp³-hybridized carbons (Fsp3) is 0.435. The Morgan fingerprint density at radius 2 is 1.75 bits per heavy atom. The topological polar surface area (TPSA) is 145 Å². The molecule has 1 aromatic carbocycles. The molecular weight excluding hydrogens is 504 g/mol. The summed E-state index contributed by atoms with van der Waals surface area (Å²) in [6.07, 6.45) is 4.02. The number of anilines is 2. The first-order chi connectivity index (χ1) is 17.2. The number of benzene rings is 1. The van der Waals surface area contributed by atoms with E-state index >= 15 is 0 Å². The molecule has 0 aliphatic rings. The molecule has 0 amide bonds. The summed E-state index contributed by atoms with van der Waals surface area (Å²) in [6.45, 7) is 7.09. The molecule has 3 aromatic rings. The average molecular weight is 537 g/mol. The van der Waals surface area contributed by atoms with E-state index in [9.17, 15) is 16.8 Å². The van der Waals surface area contributed by atoms with Gasteiger partial charge in [-0.15, -0.1) is 0 Å². The van der Waals surface area contributed by atoms with Gasteiger partial charge in [0.1, 0.15) is 11.6 Å². The summed E-state index contributed by atoms with van der Waals surface area (Å²) in [4.78, 5) is 13.3. The van der Waals surface area contributed by atoms with Crippen LogP contribution >= 0.6 is 0 Å². The molecule has 196 valence electrons. The molecule has 0 fully saturated rings. The molecular formula is C23H32N6O5S2. The molecule has 0 aliphatic heterocycles. The maximum atomic E-state index is 12.4. The van der Waals surface area contributed by atoms with E-state index in [1.165, 1.54) is 12.1 Å². The van der Waals surface area contributed by atoms with Crippen molar-refractivity contribution in [3.63, 3.8) is 0 Å². The quantitative estimate of drug-likeness (QED) is 0.297. The summed E-state index contributed by atoms with van der Waals surface area (Å²) >= 11 is 0. The van der Waals surface area contributed by atoms with Crippen molar-refractivity contribution in [2.75, 3.05) is 30.8 Å². The van der Waals surface area contributed by atoms with Crippen molar-refractivity contribution in [1.82, 2.24) is 24.2 Å². The zero-order chi connectivity index (χ0) is 26.2. The second kappa shape index (κ2) is 12.4. The maximum Gasteiger partial charge on any atom is 0.240 e. The second-order valence-electron chi connectivity index (χ2n) is 7.90. The molecule has 2 N–H and O–H groups in total. The molecule has 0 unspecified atom stereocenters. The first-order valence-electron chi connectivity index (χ1n) is 11.7. The van der Waals surface area contributed by atoms with Crippen LogP contribution in [0.1, 0.15) is 33.0 Å². The molecule has 11 nitrogen and oxygen atoms in total. The van der Waals surface area contributed by atoms with Gasteiger partial charge in [-0.25, -0.2) is 36.5 Å². The predicted molar refractivity (Wildman–Crippen MR) is 138 cm³/mol. The molecule has 0 spiro atoms. The monoisotopic (exact) mass is 536 g/mol. The maximum absolute atomic E-state index is 12.4. The van der Waals surface area contributed by atoms with Crippen molar-refractivity contribution in [1.29, 1.82) is 0 Å². The molecule has 0 saturated carbocycles. The zero-order valence-corrected chi connectivity index (χ0v) is 22.3. The first kappa shape index (κ1) is 27.7. The minimum Gasteiger partial charge on any atom is -0.380 e. The molecule has 2 heterocycles.